The summed E-state index contributed by atoms with van der Waals surface area (Å²) in [6.45, 7) is 4.06. The molecule has 20 heavy (non-hydrogen) atoms. The number of nitrogens with zero attached hydrogens (tertiary/aromatic N) is 2. The molecule has 2 rings (SSSR count). The molecule has 1 amide bonds. The fraction of sp³-hybridized carbons (Fsp3) is 0.500. The van der Waals surface area contributed by atoms with Crippen molar-refractivity contribution in [3.63, 3.8) is 0 Å². The van der Waals surface area contributed by atoms with Gasteiger partial charge in [-0.15, -0.1) is 0 Å². The number of anilines is 2. The number of carbonyl (C=O) groups excluding carboxylic acids is 1. The normalized spacial score (nSPS) is 16.9. The molecule has 1 fully saturated rings. The van der Waals surface area contributed by atoms with Crippen molar-refractivity contribution in [2.24, 2.45) is 0 Å². The lowest BCUT2D eigenvalue weighted by Gasteiger charge is -2.29. The second kappa shape index (κ2) is 6.47. The van der Waals surface area contributed by atoms with Crippen LogP contribution in [0.5, 0.6) is 0 Å². The van der Waals surface area contributed by atoms with Crippen LogP contribution in [0, 0.1) is 0 Å². The maximum absolute atomic E-state index is 12.2. The molecule has 1 aromatic rings. The number of carbonyl (C=O) groups is 1. The Morgan fingerprint density at radius 3 is 2.75 bits per heavy atom. The SMILES string of the molecule is CC(Nc1nc(N)c(Cl)cc1Cl)C(=O)N1CCOCC1. The molecule has 0 radical (unpaired) electrons. The molecule has 2 heterocycles. The van der Waals surface area contributed by atoms with Gasteiger partial charge in [0.2, 0.25) is 5.91 Å². The first-order valence-electron chi connectivity index (χ1n) is 6.23. The minimum atomic E-state index is -0.460. The topological polar surface area (TPSA) is 80.5 Å². The van der Waals surface area contributed by atoms with Gasteiger partial charge in [-0.3, -0.25) is 4.79 Å². The van der Waals surface area contributed by atoms with Gasteiger partial charge >= 0.3 is 0 Å². The van der Waals surface area contributed by atoms with Crippen molar-refractivity contribution in [1.29, 1.82) is 0 Å². The van der Waals surface area contributed by atoms with E-state index in [1.807, 2.05) is 0 Å². The third-order valence-corrected chi connectivity index (χ3v) is 3.59. The number of aromatic nitrogens is 1. The van der Waals surface area contributed by atoms with Gasteiger partial charge < -0.3 is 20.7 Å². The van der Waals surface area contributed by atoms with Crippen molar-refractivity contribution in [1.82, 2.24) is 9.88 Å². The highest BCUT2D eigenvalue weighted by molar-refractivity contribution is 6.37. The third kappa shape index (κ3) is 3.45. The molecule has 110 valence electrons. The predicted octanol–water partition coefficient (Wildman–Crippen LogP) is 1.63. The number of amides is 1. The zero-order chi connectivity index (χ0) is 14.7. The number of halogens is 2. The average Bonchev–Trinajstić information content (AvgIpc) is 2.44. The zero-order valence-electron chi connectivity index (χ0n) is 11.0. The van der Waals surface area contributed by atoms with Crippen LogP contribution < -0.4 is 11.1 Å². The van der Waals surface area contributed by atoms with E-state index in [0.717, 1.165) is 0 Å². The third-order valence-electron chi connectivity index (χ3n) is 3.00. The number of hydrogen-bond acceptors (Lipinski definition) is 5. The van der Waals surface area contributed by atoms with E-state index >= 15 is 0 Å². The molecule has 3 N–H and O–H groups in total. The van der Waals surface area contributed by atoms with Gasteiger partial charge in [-0.1, -0.05) is 23.2 Å². The Balaban J connectivity index is 2.05. The van der Waals surface area contributed by atoms with Crippen LogP contribution in [0.2, 0.25) is 10.0 Å². The molecule has 1 saturated heterocycles. The van der Waals surface area contributed by atoms with Gasteiger partial charge in [-0.05, 0) is 13.0 Å². The molecule has 1 aromatic heterocycles. The first-order chi connectivity index (χ1) is 9.49. The fourth-order valence-electron chi connectivity index (χ4n) is 1.91. The largest absolute Gasteiger partial charge is 0.382 e. The number of pyridine rings is 1. The van der Waals surface area contributed by atoms with E-state index in [9.17, 15) is 4.79 Å². The number of nitrogens with two attached hydrogens (primary N) is 1. The van der Waals surface area contributed by atoms with Gasteiger partial charge in [0, 0.05) is 13.1 Å². The van der Waals surface area contributed by atoms with Crippen LogP contribution in [0.15, 0.2) is 6.07 Å². The van der Waals surface area contributed by atoms with E-state index in [-0.39, 0.29) is 16.7 Å². The quantitative estimate of drug-likeness (QED) is 0.885. The van der Waals surface area contributed by atoms with E-state index in [4.69, 9.17) is 33.7 Å². The van der Waals surface area contributed by atoms with Gasteiger partial charge in [-0.2, -0.15) is 0 Å². The number of ether oxygens (including phenoxy) is 1. The molecule has 1 aliphatic rings. The first-order valence-corrected chi connectivity index (χ1v) is 6.99. The smallest absolute Gasteiger partial charge is 0.244 e. The summed E-state index contributed by atoms with van der Waals surface area (Å²) in [6, 6.07) is 1.04. The summed E-state index contributed by atoms with van der Waals surface area (Å²) in [5.41, 5.74) is 5.63. The molecule has 1 atom stereocenters. The van der Waals surface area contributed by atoms with Crippen LogP contribution in [0.4, 0.5) is 11.6 Å². The lowest BCUT2D eigenvalue weighted by atomic mass is 10.2. The molecule has 0 bridgehead atoms. The van der Waals surface area contributed by atoms with Gasteiger partial charge in [0.1, 0.15) is 17.7 Å². The number of hydrogen-bond donors (Lipinski definition) is 2. The molecule has 8 heteroatoms. The lowest BCUT2D eigenvalue weighted by molar-refractivity contribution is -0.135. The lowest BCUT2D eigenvalue weighted by Crippen LogP contribution is -2.47. The van der Waals surface area contributed by atoms with Gasteiger partial charge in [-0.25, -0.2) is 4.98 Å². The Labute approximate surface area is 127 Å². The molecule has 0 saturated carbocycles. The molecule has 0 spiro atoms. The minimum Gasteiger partial charge on any atom is -0.382 e. The summed E-state index contributed by atoms with van der Waals surface area (Å²) in [7, 11) is 0. The van der Waals surface area contributed by atoms with Crippen LogP contribution in [-0.2, 0) is 9.53 Å². The van der Waals surface area contributed by atoms with Gasteiger partial charge in [0.25, 0.3) is 0 Å². The maximum atomic E-state index is 12.2. The molecular weight excluding hydrogens is 303 g/mol. The number of rotatable bonds is 3. The highest BCUT2D eigenvalue weighted by Gasteiger charge is 2.23. The van der Waals surface area contributed by atoms with E-state index in [2.05, 4.69) is 10.3 Å². The summed E-state index contributed by atoms with van der Waals surface area (Å²) in [6.07, 6.45) is 0. The van der Waals surface area contributed by atoms with Crippen LogP contribution in [0.3, 0.4) is 0 Å². The van der Waals surface area contributed by atoms with Crippen LogP contribution in [-0.4, -0.2) is 48.1 Å². The van der Waals surface area contributed by atoms with Crippen LogP contribution >= 0.6 is 23.2 Å². The summed E-state index contributed by atoms with van der Waals surface area (Å²) in [4.78, 5) is 18.0. The molecule has 0 aromatic carbocycles. The Morgan fingerprint density at radius 2 is 2.10 bits per heavy atom. The second-order valence-electron chi connectivity index (χ2n) is 4.49. The monoisotopic (exact) mass is 318 g/mol. The number of morpholine rings is 1. The number of nitrogen functional groups attached to an aromatic ring is 1. The minimum absolute atomic E-state index is 0.0281. The van der Waals surface area contributed by atoms with E-state index in [1.54, 1.807) is 11.8 Å². The predicted molar refractivity (Wildman–Crippen MR) is 79.2 cm³/mol. The Hall–Kier alpha value is -1.24. The standard InChI is InChI=1S/C12H16Cl2N4O2/c1-7(12(19)18-2-4-20-5-3-18)16-11-9(14)6-8(13)10(15)17-11/h6-7H,2-5H2,1H3,(H3,15,16,17). The van der Waals surface area contributed by atoms with Crippen molar-refractivity contribution in [3.05, 3.63) is 16.1 Å². The highest BCUT2D eigenvalue weighted by atomic mass is 35.5. The van der Waals surface area contributed by atoms with Crippen LogP contribution in [0.1, 0.15) is 6.92 Å². The van der Waals surface area contributed by atoms with E-state index in [0.29, 0.717) is 37.1 Å². The second-order valence-corrected chi connectivity index (χ2v) is 5.30. The van der Waals surface area contributed by atoms with Gasteiger partial charge in [0.15, 0.2) is 0 Å². The van der Waals surface area contributed by atoms with Gasteiger partial charge in [0.05, 0.1) is 23.3 Å². The summed E-state index contributed by atoms with van der Waals surface area (Å²) >= 11 is 11.8. The Kier molecular flexibility index (Phi) is 4.91. The molecular formula is C12H16Cl2N4O2. The van der Waals surface area contributed by atoms with E-state index in [1.165, 1.54) is 6.07 Å². The molecule has 6 nitrogen and oxygen atoms in total. The summed E-state index contributed by atoms with van der Waals surface area (Å²) in [5, 5.41) is 3.57. The van der Waals surface area contributed by atoms with Crippen molar-refractivity contribution in [3.8, 4) is 0 Å². The van der Waals surface area contributed by atoms with Crippen LogP contribution in [0.25, 0.3) is 0 Å². The average molecular weight is 319 g/mol. The molecule has 1 unspecified atom stereocenters. The summed E-state index contributed by atoms with van der Waals surface area (Å²) in [5.74, 6) is 0.493. The fourth-order valence-corrected chi connectivity index (χ4v) is 2.32. The molecule has 0 aliphatic carbocycles. The van der Waals surface area contributed by atoms with Crippen molar-refractivity contribution in [2.45, 2.75) is 13.0 Å². The highest BCUT2D eigenvalue weighted by Crippen LogP contribution is 2.27. The zero-order valence-corrected chi connectivity index (χ0v) is 12.5. The first kappa shape index (κ1) is 15.2. The summed E-state index contributed by atoms with van der Waals surface area (Å²) < 4.78 is 5.22. The maximum Gasteiger partial charge on any atom is 0.244 e. The Morgan fingerprint density at radius 1 is 1.45 bits per heavy atom. The number of nitrogens with one attached hydrogen (secondary N) is 1. The van der Waals surface area contributed by atoms with Crippen molar-refractivity contribution in [2.75, 3.05) is 37.4 Å². The van der Waals surface area contributed by atoms with Crippen molar-refractivity contribution < 1.29 is 9.53 Å². The molecule has 1 aliphatic heterocycles. The van der Waals surface area contributed by atoms with Crippen molar-refractivity contribution >= 4 is 40.7 Å². The van der Waals surface area contributed by atoms with E-state index < -0.39 is 6.04 Å². The Bertz CT molecular complexity index is 506.